The molecule has 4 atom stereocenters. The van der Waals surface area contributed by atoms with Crippen LogP contribution in [0.1, 0.15) is 135 Å². The maximum absolute atomic E-state index is 12.5. The Kier molecular flexibility index (Phi) is 23.2. The molecule has 0 aliphatic carbocycles. The Hall–Kier alpha value is -2.73. The SMILES string of the molecule is CCCCCCC(OC(=O)CCCCC(=O)O)C(O)C(O)C(CCCCCCCC(=O)O)OC(=O)CCCCC(=O)O. The second-order valence-corrected chi connectivity index (χ2v) is 10.8. The van der Waals surface area contributed by atoms with Gasteiger partial charge in [-0.3, -0.25) is 24.0 Å². The molecule has 0 aromatic rings. The fraction of sp³-hybridized carbons (Fsp3) is 0.833. The van der Waals surface area contributed by atoms with Crippen molar-refractivity contribution in [3.8, 4) is 0 Å². The lowest BCUT2D eigenvalue weighted by atomic mass is 9.95. The van der Waals surface area contributed by atoms with Crippen molar-refractivity contribution in [1.82, 2.24) is 0 Å². The number of hydrogen-bond donors (Lipinski definition) is 5. The largest absolute Gasteiger partial charge is 0.481 e. The standard InChI is InChI=1S/C30H52O12/c1-2-3-4-8-15-22(41-27(37)20-13-11-18-25(33)34)29(39)30(40)23(16-9-6-5-7-10-17-24(31)32)42-28(38)21-14-12-19-26(35)36/h22-23,29-30,39-40H,2-21H2,1H3,(H,31,32)(H,33,34)(H,35,36). The van der Waals surface area contributed by atoms with Crippen molar-refractivity contribution in [2.75, 3.05) is 0 Å². The molecule has 0 aromatic heterocycles. The van der Waals surface area contributed by atoms with Gasteiger partial charge in [-0.05, 0) is 57.8 Å². The third-order valence-electron chi connectivity index (χ3n) is 6.94. The second kappa shape index (κ2) is 24.8. The second-order valence-electron chi connectivity index (χ2n) is 10.8. The molecule has 0 aliphatic rings. The molecule has 0 aromatic carbocycles. The van der Waals surface area contributed by atoms with Crippen molar-refractivity contribution in [3.05, 3.63) is 0 Å². The molecule has 0 heterocycles. The van der Waals surface area contributed by atoms with Crippen LogP contribution in [0.15, 0.2) is 0 Å². The van der Waals surface area contributed by atoms with E-state index in [0.717, 1.165) is 25.7 Å². The van der Waals surface area contributed by atoms with E-state index in [-0.39, 0.29) is 38.5 Å². The average Bonchev–Trinajstić information content (AvgIpc) is 2.92. The van der Waals surface area contributed by atoms with Crippen LogP contribution in [-0.4, -0.2) is 79.8 Å². The Balaban J connectivity index is 5.31. The first kappa shape index (κ1) is 39.3. The quantitative estimate of drug-likeness (QED) is 0.0613. The summed E-state index contributed by atoms with van der Waals surface area (Å²) in [4.78, 5) is 57.1. The maximum atomic E-state index is 12.5. The first-order valence-electron chi connectivity index (χ1n) is 15.4. The van der Waals surface area contributed by atoms with Gasteiger partial charge in [0, 0.05) is 32.1 Å². The lowest BCUT2D eigenvalue weighted by Crippen LogP contribution is -2.47. The predicted octanol–water partition coefficient (Wildman–Crippen LogP) is 4.61. The molecular weight excluding hydrogens is 552 g/mol. The Morgan fingerprint density at radius 2 is 0.786 bits per heavy atom. The molecule has 4 unspecified atom stereocenters. The number of carbonyl (C=O) groups excluding carboxylic acids is 2. The number of hydrogen-bond acceptors (Lipinski definition) is 9. The number of ether oxygens (including phenoxy) is 2. The van der Waals surface area contributed by atoms with Gasteiger partial charge in [-0.15, -0.1) is 0 Å². The van der Waals surface area contributed by atoms with Gasteiger partial charge in [0.05, 0.1) is 0 Å². The van der Waals surface area contributed by atoms with Crippen molar-refractivity contribution in [3.63, 3.8) is 0 Å². The molecule has 42 heavy (non-hydrogen) atoms. The van der Waals surface area contributed by atoms with Gasteiger partial charge >= 0.3 is 29.8 Å². The number of rotatable bonds is 28. The van der Waals surface area contributed by atoms with Crippen LogP contribution >= 0.6 is 0 Å². The minimum atomic E-state index is -1.55. The molecule has 0 fully saturated rings. The summed E-state index contributed by atoms with van der Waals surface area (Å²) in [5.41, 5.74) is 0. The monoisotopic (exact) mass is 604 g/mol. The molecule has 0 rings (SSSR count). The van der Waals surface area contributed by atoms with E-state index >= 15 is 0 Å². The lowest BCUT2D eigenvalue weighted by molar-refractivity contribution is -0.176. The van der Waals surface area contributed by atoms with Gasteiger partial charge in [0.2, 0.25) is 0 Å². The van der Waals surface area contributed by atoms with E-state index in [2.05, 4.69) is 0 Å². The van der Waals surface area contributed by atoms with Gasteiger partial charge in [0.25, 0.3) is 0 Å². The molecule has 0 bridgehead atoms. The van der Waals surface area contributed by atoms with Crippen molar-refractivity contribution in [1.29, 1.82) is 0 Å². The zero-order valence-corrected chi connectivity index (χ0v) is 25.0. The van der Waals surface area contributed by atoms with Gasteiger partial charge in [0.15, 0.2) is 0 Å². The van der Waals surface area contributed by atoms with Crippen LogP contribution in [-0.2, 0) is 33.4 Å². The Labute approximate surface area is 248 Å². The highest BCUT2D eigenvalue weighted by molar-refractivity contribution is 5.70. The van der Waals surface area contributed by atoms with Gasteiger partial charge < -0.3 is 35.0 Å². The number of aliphatic hydroxyl groups excluding tert-OH is 2. The Bertz CT molecular complexity index is 784. The predicted molar refractivity (Wildman–Crippen MR) is 153 cm³/mol. The summed E-state index contributed by atoms with van der Waals surface area (Å²) in [7, 11) is 0. The molecule has 0 saturated heterocycles. The summed E-state index contributed by atoms with van der Waals surface area (Å²) in [6, 6.07) is 0. The van der Waals surface area contributed by atoms with Crippen molar-refractivity contribution in [2.45, 2.75) is 160 Å². The number of carbonyl (C=O) groups is 5. The first-order valence-corrected chi connectivity index (χ1v) is 15.4. The van der Waals surface area contributed by atoms with Crippen LogP contribution in [0.3, 0.4) is 0 Å². The molecule has 0 aliphatic heterocycles. The van der Waals surface area contributed by atoms with E-state index in [9.17, 15) is 34.2 Å². The van der Waals surface area contributed by atoms with Crippen LogP contribution in [0, 0.1) is 0 Å². The number of carboxylic acids is 3. The minimum Gasteiger partial charge on any atom is -0.481 e. The van der Waals surface area contributed by atoms with Gasteiger partial charge in [-0.25, -0.2) is 0 Å². The Morgan fingerprint density at radius 1 is 0.476 bits per heavy atom. The molecular formula is C30H52O12. The van der Waals surface area contributed by atoms with Crippen LogP contribution < -0.4 is 0 Å². The molecule has 0 radical (unpaired) electrons. The number of aliphatic carboxylic acids is 3. The van der Waals surface area contributed by atoms with Crippen molar-refractivity contribution in [2.24, 2.45) is 0 Å². The topological polar surface area (TPSA) is 205 Å². The van der Waals surface area contributed by atoms with Crippen LogP contribution in [0.4, 0.5) is 0 Å². The fourth-order valence-corrected chi connectivity index (χ4v) is 4.51. The summed E-state index contributed by atoms with van der Waals surface area (Å²) in [5.74, 6) is -4.02. The van der Waals surface area contributed by atoms with E-state index in [0.29, 0.717) is 64.2 Å². The summed E-state index contributed by atoms with van der Waals surface area (Å²) < 4.78 is 11.1. The van der Waals surface area contributed by atoms with E-state index < -0.39 is 54.3 Å². The molecule has 12 nitrogen and oxygen atoms in total. The molecule has 0 saturated carbocycles. The number of unbranched alkanes of at least 4 members (excludes halogenated alkanes) is 9. The average molecular weight is 605 g/mol. The Morgan fingerprint density at radius 3 is 1.17 bits per heavy atom. The molecule has 12 heteroatoms. The van der Waals surface area contributed by atoms with Crippen LogP contribution in [0.25, 0.3) is 0 Å². The summed E-state index contributed by atoms with van der Waals surface area (Å²) in [6.45, 7) is 2.04. The summed E-state index contributed by atoms with van der Waals surface area (Å²) >= 11 is 0. The van der Waals surface area contributed by atoms with Gasteiger partial charge in [0.1, 0.15) is 24.4 Å². The van der Waals surface area contributed by atoms with Crippen LogP contribution in [0.2, 0.25) is 0 Å². The van der Waals surface area contributed by atoms with Gasteiger partial charge in [-0.2, -0.15) is 0 Å². The minimum absolute atomic E-state index is 0.0296. The molecule has 5 N–H and O–H groups in total. The highest BCUT2D eigenvalue weighted by Crippen LogP contribution is 2.22. The fourth-order valence-electron chi connectivity index (χ4n) is 4.51. The molecule has 0 amide bonds. The molecule has 0 spiro atoms. The smallest absolute Gasteiger partial charge is 0.306 e. The number of aliphatic hydroxyl groups is 2. The summed E-state index contributed by atoms with van der Waals surface area (Å²) in [6.07, 6.45) is 3.00. The third-order valence-corrected chi connectivity index (χ3v) is 6.94. The number of esters is 2. The maximum Gasteiger partial charge on any atom is 0.306 e. The lowest BCUT2D eigenvalue weighted by Gasteiger charge is -2.31. The molecule has 244 valence electrons. The highest BCUT2D eigenvalue weighted by atomic mass is 16.6. The summed E-state index contributed by atoms with van der Waals surface area (Å²) in [5, 5.41) is 48.5. The van der Waals surface area contributed by atoms with Gasteiger partial charge in [-0.1, -0.05) is 45.4 Å². The zero-order valence-electron chi connectivity index (χ0n) is 25.0. The van der Waals surface area contributed by atoms with Crippen LogP contribution in [0.5, 0.6) is 0 Å². The van der Waals surface area contributed by atoms with E-state index in [1.807, 2.05) is 6.92 Å². The van der Waals surface area contributed by atoms with E-state index in [1.54, 1.807) is 0 Å². The highest BCUT2D eigenvalue weighted by Gasteiger charge is 2.36. The zero-order chi connectivity index (χ0) is 31.8. The van der Waals surface area contributed by atoms with E-state index in [4.69, 9.17) is 24.8 Å². The third kappa shape index (κ3) is 21.9. The normalized spacial score (nSPS) is 14.0. The first-order chi connectivity index (χ1) is 20.0. The van der Waals surface area contributed by atoms with Crippen molar-refractivity contribution >= 4 is 29.8 Å². The number of carboxylic acid groups (broad SMARTS) is 3. The van der Waals surface area contributed by atoms with Crippen molar-refractivity contribution < 1.29 is 59.0 Å². The van der Waals surface area contributed by atoms with E-state index in [1.165, 1.54) is 0 Å².